The molecule has 0 aliphatic heterocycles. The van der Waals surface area contributed by atoms with Crippen LogP contribution < -0.4 is 24.8 Å². The van der Waals surface area contributed by atoms with E-state index in [9.17, 15) is 0 Å². The molecule has 0 amide bonds. The fourth-order valence-electron chi connectivity index (χ4n) is 3.05. The van der Waals surface area contributed by atoms with Gasteiger partial charge in [0.25, 0.3) is 0 Å². The van der Waals surface area contributed by atoms with E-state index < -0.39 is 8.32 Å². The number of hydrogen-bond acceptors (Lipinski definition) is 1. The molecule has 0 spiro atoms. The Morgan fingerprint density at radius 2 is 1.52 bits per heavy atom. The van der Waals surface area contributed by atoms with Crippen molar-refractivity contribution in [2.75, 3.05) is 0 Å². The fourth-order valence-corrected chi connectivity index (χ4v) is 4.31. The maximum atomic E-state index is 6.53. The van der Waals surface area contributed by atoms with Gasteiger partial charge in [0.05, 0.1) is 6.10 Å². The summed E-state index contributed by atoms with van der Waals surface area (Å²) in [5, 5.41) is 0. The Kier molecular flexibility index (Phi) is 11.9. The van der Waals surface area contributed by atoms with Crippen molar-refractivity contribution in [1.29, 1.82) is 0 Å². The van der Waals surface area contributed by atoms with Gasteiger partial charge in [-0.05, 0) is 31.5 Å². The van der Waals surface area contributed by atoms with Gasteiger partial charge in [0.2, 0.25) is 0 Å². The third kappa shape index (κ3) is 6.12. The van der Waals surface area contributed by atoms with E-state index in [0.29, 0.717) is 0 Å². The molecule has 0 aromatic heterocycles. The molecule has 1 atom stereocenters. The summed E-state index contributed by atoms with van der Waals surface area (Å²) in [5.41, 5.74) is 2.43. The first-order valence-corrected chi connectivity index (χ1v) is 11.0. The smallest absolute Gasteiger partial charge is 1.00 e. The van der Waals surface area contributed by atoms with Crippen LogP contribution in [0, 0.1) is 17.6 Å². The summed E-state index contributed by atoms with van der Waals surface area (Å²) in [6, 6.07) is 0. The van der Waals surface area contributed by atoms with Gasteiger partial charge in [-0.25, -0.2) is 23.3 Å². The molecule has 0 bridgehead atoms. The SMILES string of the molecule is CCC(O[Si](C)(C)C)C(C)(C1=[C-]CC=C1)C1=[C-]CC=C1.[Cl-].[Cl-].[Zr+4]. The Balaban J connectivity index is 0. The summed E-state index contributed by atoms with van der Waals surface area (Å²) >= 11 is 0. The molecule has 0 N–H and O–H groups in total. The zero-order chi connectivity index (χ0) is 14.8. The average molecular weight is 449 g/mol. The molecule has 126 valence electrons. The van der Waals surface area contributed by atoms with Crippen molar-refractivity contribution in [3.8, 4) is 0 Å². The van der Waals surface area contributed by atoms with E-state index in [1.807, 2.05) is 0 Å². The Morgan fingerprint density at radius 3 is 1.78 bits per heavy atom. The molecule has 0 saturated carbocycles. The number of allylic oxidation sites excluding steroid dienone is 6. The first kappa shape index (κ1) is 25.8. The van der Waals surface area contributed by atoms with Gasteiger partial charge in [-0.3, -0.25) is 12.2 Å². The Bertz CT molecular complexity index is 460. The molecule has 0 radical (unpaired) electrons. The summed E-state index contributed by atoms with van der Waals surface area (Å²) in [6.07, 6.45) is 18.9. The second kappa shape index (κ2) is 10.6. The van der Waals surface area contributed by atoms with Crippen molar-refractivity contribution >= 4 is 8.32 Å². The third-order valence-corrected chi connectivity index (χ3v) is 5.01. The normalized spacial score (nSPS) is 17.6. The molecule has 0 aromatic carbocycles. The molecule has 1 nitrogen and oxygen atoms in total. The van der Waals surface area contributed by atoms with Gasteiger partial charge in [-0.1, -0.05) is 13.8 Å². The number of halogens is 2. The Morgan fingerprint density at radius 1 is 1.09 bits per heavy atom. The van der Waals surface area contributed by atoms with Crippen LogP contribution in [-0.4, -0.2) is 14.4 Å². The van der Waals surface area contributed by atoms with Gasteiger partial charge in [0, 0.05) is 0 Å². The zero-order valence-corrected chi connectivity index (χ0v) is 19.6. The van der Waals surface area contributed by atoms with Crippen molar-refractivity contribution in [3.05, 3.63) is 47.6 Å². The first-order chi connectivity index (χ1) is 9.38. The molecule has 2 aliphatic carbocycles. The first-order valence-electron chi connectivity index (χ1n) is 7.61. The Labute approximate surface area is 174 Å². The van der Waals surface area contributed by atoms with E-state index in [1.165, 1.54) is 11.1 Å². The van der Waals surface area contributed by atoms with Crippen molar-refractivity contribution in [2.45, 2.75) is 58.9 Å². The van der Waals surface area contributed by atoms with Crippen molar-refractivity contribution in [1.82, 2.24) is 0 Å². The molecule has 5 heteroatoms. The van der Waals surface area contributed by atoms with Crippen molar-refractivity contribution < 1.29 is 55.4 Å². The monoisotopic (exact) mass is 446 g/mol. The van der Waals surface area contributed by atoms with Crippen molar-refractivity contribution in [3.63, 3.8) is 0 Å². The summed E-state index contributed by atoms with van der Waals surface area (Å²) in [5.74, 6) is 0. The number of rotatable bonds is 6. The summed E-state index contributed by atoms with van der Waals surface area (Å²) in [4.78, 5) is 0. The van der Waals surface area contributed by atoms with Crippen LogP contribution in [0.3, 0.4) is 0 Å². The summed E-state index contributed by atoms with van der Waals surface area (Å²) < 4.78 is 6.53. The average Bonchev–Trinajstić information content (AvgIpc) is 3.05. The van der Waals surface area contributed by atoms with Crippen LogP contribution in [0.25, 0.3) is 0 Å². The van der Waals surface area contributed by atoms with Gasteiger partial charge in [-0.2, -0.15) is 12.2 Å². The zero-order valence-electron chi connectivity index (χ0n) is 14.7. The molecular weight excluding hydrogens is 422 g/mol. The fraction of sp³-hybridized carbons (Fsp3) is 0.556. The molecular formula is C18H26Cl2OSiZr. The van der Waals surface area contributed by atoms with Gasteiger partial charge in [0.1, 0.15) is 0 Å². The molecule has 23 heavy (non-hydrogen) atoms. The maximum absolute atomic E-state index is 6.53. The van der Waals surface area contributed by atoms with Crippen LogP contribution in [-0.2, 0) is 30.6 Å². The minimum absolute atomic E-state index is 0. The minimum Gasteiger partial charge on any atom is -1.00 e. The molecule has 0 heterocycles. The van der Waals surface area contributed by atoms with E-state index in [1.54, 1.807) is 0 Å². The predicted octanol–water partition coefficient (Wildman–Crippen LogP) is -0.993. The van der Waals surface area contributed by atoms with Gasteiger partial charge in [0.15, 0.2) is 8.32 Å². The van der Waals surface area contributed by atoms with Crippen LogP contribution >= 0.6 is 0 Å². The molecule has 0 fully saturated rings. The molecule has 0 saturated heterocycles. The van der Waals surface area contributed by atoms with Crippen LogP contribution in [0.15, 0.2) is 35.5 Å². The van der Waals surface area contributed by atoms with E-state index in [4.69, 9.17) is 4.43 Å². The molecule has 1 unspecified atom stereocenters. The van der Waals surface area contributed by atoms with Crippen LogP contribution in [0.4, 0.5) is 0 Å². The Hall–Kier alpha value is 0.600. The van der Waals surface area contributed by atoms with E-state index >= 15 is 0 Å². The maximum Gasteiger partial charge on any atom is 4.00 e. The molecule has 0 aromatic rings. The summed E-state index contributed by atoms with van der Waals surface area (Å²) in [7, 11) is -1.58. The van der Waals surface area contributed by atoms with Gasteiger partial charge < -0.3 is 29.2 Å². The van der Waals surface area contributed by atoms with E-state index in [2.05, 4.69) is 69.9 Å². The molecule has 2 rings (SSSR count). The molecule has 2 aliphatic rings. The second-order valence-electron chi connectivity index (χ2n) is 6.72. The third-order valence-electron chi connectivity index (χ3n) is 4.02. The minimum atomic E-state index is -1.58. The summed E-state index contributed by atoms with van der Waals surface area (Å²) in [6.45, 7) is 11.3. The standard InChI is InChI=1S/C18H26OSi.2ClH.Zr/c1-6-17(19-20(3,4)5)18(2,15-11-7-8-12-15)16-13-9-10-14-16;;;/h7,9,11,13,17H,6,8,10H2,1-5H3;2*1H;/q-2;;;+4/p-2. The van der Waals surface area contributed by atoms with Crippen molar-refractivity contribution in [2.24, 2.45) is 5.41 Å². The number of hydrogen-bond donors (Lipinski definition) is 0. The predicted molar refractivity (Wildman–Crippen MR) is 87.6 cm³/mol. The van der Waals surface area contributed by atoms with Crippen LogP contribution in [0.2, 0.25) is 19.6 Å². The van der Waals surface area contributed by atoms with Gasteiger partial charge in [-0.15, -0.1) is 12.8 Å². The van der Waals surface area contributed by atoms with Gasteiger partial charge >= 0.3 is 26.2 Å². The van der Waals surface area contributed by atoms with Crippen LogP contribution in [0.1, 0.15) is 33.1 Å². The second-order valence-corrected chi connectivity index (χ2v) is 11.2. The van der Waals surface area contributed by atoms with E-state index in [0.717, 1.165) is 19.3 Å². The topological polar surface area (TPSA) is 9.23 Å². The van der Waals surface area contributed by atoms with Crippen LogP contribution in [0.5, 0.6) is 0 Å². The van der Waals surface area contributed by atoms with E-state index in [-0.39, 0.29) is 62.5 Å². The largest absolute Gasteiger partial charge is 4.00 e. The quantitative estimate of drug-likeness (QED) is 0.375.